The predicted molar refractivity (Wildman–Crippen MR) is 158 cm³/mol. The van der Waals surface area contributed by atoms with Gasteiger partial charge in [-0.25, -0.2) is 29.5 Å². The van der Waals surface area contributed by atoms with E-state index < -0.39 is 11.9 Å². The van der Waals surface area contributed by atoms with E-state index in [1.165, 1.54) is 14.2 Å². The van der Waals surface area contributed by atoms with Crippen LogP contribution in [0.15, 0.2) is 52.2 Å². The predicted octanol–water partition coefficient (Wildman–Crippen LogP) is 5.99. The van der Waals surface area contributed by atoms with Gasteiger partial charge in [-0.2, -0.15) is 0 Å². The highest BCUT2D eigenvalue weighted by atomic mass is 35.5. The third-order valence-electron chi connectivity index (χ3n) is 6.70. The van der Waals surface area contributed by atoms with E-state index in [4.69, 9.17) is 29.9 Å². The number of methoxy groups -OCH3 is 2. The van der Waals surface area contributed by atoms with Crippen LogP contribution in [0.2, 0.25) is 5.02 Å². The number of hydrogen-bond acceptors (Lipinski definition) is 12. The molecule has 0 bridgehead atoms. The van der Waals surface area contributed by atoms with Gasteiger partial charge in [0.05, 0.1) is 39.8 Å². The molecule has 12 nitrogen and oxygen atoms in total. The highest BCUT2D eigenvalue weighted by Crippen LogP contribution is 2.40. The van der Waals surface area contributed by atoms with Crippen LogP contribution < -0.4 is 10.6 Å². The molecule has 2 fully saturated rings. The van der Waals surface area contributed by atoms with E-state index >= 15 is 0 Å². The van der Waals surface area contributed by atoms with Gasteiger partial charge in [-0.1, -0.05) is 24.3 Å². The Kier molecular flexibility index (Phi) is 9.35. The molecule has 224 valence electrons. The van der Waals surface area contributed by atoms with Crippen LogP contribution in [0.5, 0.6) is 0 Å². The lowest BCUT2D eigenvalue weighted by Gasteiger charge is -2.12. The maximum atomic E-state index is 12.0. The second-order valence-corrected chi connectivity index (χ2v) is 10.3. The average Bonchev–Trinajstić information content (AvgIpc) is 3.96. The second-order valence-electron chi connectivity index (χ2n) is 9.89. The zero-order valence-corrected chi connectivity index (χ0v) is 24.5. The molecule has 43 heavy (non-hydrogen) atoms. The average molecular weight is 607 g/mol. The molecule has 13 heteroatoms. The van der Waals surface area contributed by atoms with Gasteiger partial charge in [-0.3, -0.25) is 0 Å². The largest absolute Gasteiger partial charge is 0.467 e. The SMILES string of the molecule is C=Cc1c(NCc2ccco2)nc(C2CC2)nc1C(=O)OC.COC(=O)c1nc(C2CC2)nc(NCc2ccco2)c1Cl. The van der Waals surface area contributed by atoms with Crippen molar-refractivity contribution in [2.24, 2.45) is 0 Å². The fourth-order valence-electron chi connectivity index (χ4n) is 4.10. The molecule has 0 saturated heterocycles. The normalized spacial score (nSPS) is 13.8. The number of ether oxygens (including phenoxy) is 2. The molecular formula is C30H31ClN6O6. The molecule has 6 rings (SSSR count). The summed E-state index contributed by atoms with van der Waals surface area (Å²) in [5.74, 6) is 3.40. The summed E-state index contributed by atoms with van der Waals surface area (Å²) in [4.78, 5) is 41.3. The molecule has 0 spiro atoms. The van der Waals surface area contributed by atoms with E-state index in [9.17, 15) is 9.59 Å². The Labute approximate surface area is 252 Å². The summed E-state index contributed by atoms with van der Waals surface area (Å²) in [6, 6.07) is 7.32. The topological polar surface area (TPSA) is 154 Å². The number of nitrogens with one attached hydrogen (secondary N) is 2. The number of hydrogen-bond donors (Lipinski definition) is 2. The van der Waals surface area contributed by atoms with Crippen LogP contribution in [0, 0.1) is 0 Å². The molecule has 2 saturated carbocycles. The van der Waals surface area contributed by atoms with E-state index in [1.54, 1.807) is 24.7 Å². The number of esters is 2. The quantitative estimate of drug-likeness (QED) is 0.193. The first-order chi connectivity index (χ1) is 20.9. The van der Waals surface area contributed by atoms with Crippen LogP contribution in [0.25, 0.3) is 6.08 Å². The lowest BCUT2D eigenvalue weighted by molar-refractivity contribution is 0.0584. The highest BCUT2D eigenvalue weighted by Gasteiger charge is 2.31. The Morgan fingerprint density at radius 3 is 1.81 bits per heavy atom. The monoisotopic (exact) mass is 606 g/mol. The summed E-state index contributed by atoms with van der Waals surface area (Å²) in [7, 11) is 2.64. The first-order valence-electron chi connectivity index (χ1n) is 13.7. The maximum Gasteiger partial charge on any atom is 0.358 e. The van der Waals surface area contributed by atoms with E-state index in [0.29, 0.717) is 53.8 Å². The number of carbonyl (C=O) groups is 2. The Balaban J connectivity index is 0.000000171. The van der Waals surface area contributed by atoms with Crippen molar-refractivity contribution in [1.29, 1.82) is 0 Å². The number of carbonyl (C=O) groups excluding carboxylic acids is 2. The molecule has 0 unspecified atom stereocenters. The van der Waals surface area contributed by atoms with Gasteiger partial charge in [-0.05, 0) is 49.9 Å². The summed E-state index contributed by atoms with van der Waals surface area (Å²) in [5, 5.41) is 6.42. The molecule has 2 aliphatic carbocycles. The van der Waals surface area contributed by atoms with Crippen molar-refractivity contribution in [1.82, 2.24) is 19.9 Å². The fraction of sp³-hybridized carbons (Fsp3) is 0.333. The lowest BCUT2D eigenvalue weighted by atomic mass is 10.2. The zero-order valence-electron chi connectivity index (χ0n) is 23.8. The summed E-state index contributed by atoms with van der Waals surface area (Å²) < 4.78 is 20.1. The van der Waals surface area contributed by atoms with Gasteiger partial charge in [0.1, 0.15) is 39.8 Å². The number of rotatable bonds is 11. The number of anilines is 2. The molecule has 4 aromatic heterocycles. The summed E-state index contributed by atoms with van der Waals surface area (Å²) in [5.41, 5.74) is 0.886. The third kappa shape index (κ3) is 7.39. The van der Waals surface area contributed by atoms with Crippen LogP contribution >= 0.6 is 11.6 Å². The van der Waals surface area contributed by atoms with E-state index in [-0.39, 0.29) is 16.4 Å². The van der Waals surface area contributed by atoms with E-state index in [0.717, 1.165) is 37.2 Å². The molecule has 4 aromatic rings. The lowest BCUT2D eigenvalue weighted by Crippen LogP contribution is -2.14. The van der Waals surface area contributed by atoms with Crippen molar-refractivity contribution in [3.8, 4) is 0 Å². The smallest absolute Gasteiger partial charge is 0.358 e. The van der Waals surface area contributed by atoms with E-state index in [1.807, 2.05) is 18.2 Å². The van der Waals surface area contributed by atoms with Gasteiger partial charge >= 0.3 is 11.9 Å². The second kappa shape index (κ2) is 13.5. The molecule has 0 aliphatic heterocycles. The van der Waals surface area contributed by atoms with Crippen molar-refractivity contribution in [2.75, 3.05) is 24.9 Å². The van der Waals surface area contributed by atoms with Gasteiger partial charge in [0.25, 0.3) is 0 Å². The Morgan fingerprint density at radius 2 is 1.35 bits per heavy atom. The van der Waals surface area contributed by atoms with Crippen molar-refractivity contribution in [3.63, 3.8) is 0 Å². The minimum Gasteiger partial charge on any atom is -0.467 e. The molecular weight excluding hydrogens is 576 g/mol. The van der Waals surface area contributed by atoms with Crippen LogP contribution in [0.1, 0.15) is 87.2 Å². The van der Waals surface area contributed by atoms with Gasteiger partial charge in [-0.15, -0.1) is 0 Å². The van der Waals surface area contributed by atoms with Crippen LogP contribution in [-0.4, -0.2) is 46.1 Å². The number of halogens is 1. The summed E-state index contributed by atoms with van der Waals surface area (Å²) in [6.45, 7) is 4.65. The Bertz CT molecular complexity index is 1580. The van der Waals surface area contributed by atoms with Crippen LogP contribution in [0.4, 0.5) is 11.6 Å². The third-order valence-corrected chi connectivity index (χ3v) is 7.06. The van der Waals surface area contributed by atoms with Gasteiger partial charge in [0, 0.05) is 17.4 Å². The van der Waals surface area contributed by atoms with Gasteiger partial charge < -0.3 is 28.9 Å². The molecule has 0 aromatic carbocycles. The zero-order chi connectivity index (χ0) is 30.3. The molecule has 0 atom stereocenters. The minimum atomic E-state index is -0.564. The molecule has 0 amide bonds. The van der Waals surface area contributed by atoms with Crippen molar-refractivity contribution < 1.29 is 27.9 Å². The van der Waals surface area contributed by atoms with Gasteiger partial charge in [0.2, 0.25) is 0 Å². The standard InChI is InChI=1S/C16H17N3O3.C14H14ClN3O3/c1-3-12-13(16(20)21-2)18-14(10-6-7-10)19-15(12)17-9-11-5-4-8-22-11;1-20-14(19)11-10(15)13(16-7-9-3-2-6-21-9)18-12(17-11)8-4-5-8/h3-5,8,10H,1,6-7,9H2,2H3,(H,17,18,19);2-3,6,8H,4-5,7H2,1H3,(H,16,17,18). The van der Waals surface area contributed by atoms with Crippen molar-refractivity contribution >= 4 is 41.3 Å². The summed E-state index contributed by atoms with van der Waals surface area (Å²) in [6.07, 6.45) is 8.92. The maximum absolute atomic E-state index is 12.0. The van der Waals surface area contributed by atoms with E-state index in [2.05, 4.69) is 37.1 Å². The highest BCUT2D eigenvalue weighted by molar-refractivity contribution is 6.35. The number of nitrogens with zero attached hydrogens (tertiary/aromatic N) is 4. The van der Waals surface area contributed by atoms with Crippen LogP contribution in [0.3, 0.4) is 0 Å². The molecule has 4 heterocycles. The number of furan rings is 2. The van der Waals surface area contributed by atoms with Gasteiger partial charge in [0.15, 0.2) is 11.4 Å². The molecule has 0 radical (unpaired) electrons. The first kappa shape index (κ1) is 29.8. The molecule has 2 aliphatic rings. The molecule has 2 N–H and O–H groups in total. The van der Waals surface area contributed by atoms with Crippen molar-refractivity contribution in [2.45, 2.75) is 50.6 Å². The minimum absolute atomic E-state index is 0.0954. The first-order valence-corrected chi connectivity index (χ1v) is 14.1. The fourth-order valence-corrected chi connectivity index (χ4v) is 4.33. The Morgan fingerprint density at radius 1 is 0.860 bits per heavy atom. The van der Waals surface area contributed by atoms with Crippen LogP contribution in [-0.2, 0) is 22.6 Å². The number of aromatic nitrogens is 4. The van der Waals surface area contributed by atoms with Crippen molar-refractivity contribution in [3.05, 3.63) is 88.5 Å². The Hall–Kier alpha value is -4.71. The summed E-state index contributed by atoms with van der Waals surface area (Å²) >= 11 is 6.20.